The Labute approximate surface area is 105 Å². The lowest BCUT2D eigenvalue weighted by Crippen LogP contribution is -2.38. The number of hydrogen-bond donors (Lipinski definition) is 1. The molecular weight excluding hydrogens is 208 g/mol. The third-order valence-corrected chi connectivity index (χ3v) is 3.36. The number of hydrogen-bond acceptors (Lipinski definition) is 2. The van der Waals surface area contributed by atoms with Gasteiger partial charge in [-0.15, -0.1) is 0 Å². The number of nitrogens with zero attached hydrogens (tertiary/aromatic N) is 1. The van der Waals surface area contributed by atoms with E-state index < -0.39 is 0 Å². The summed E-state index contributed by atoms with van der Waals surface area (Å²) in [5, 5.41) is 3.59. The molecule has 0 amide bonds. The lowest BCUT2D eigenvalue weighted by atomic mass is 10.1. The molecule has 2 rings (SSSR count). The lowest BCUT2D eigenvalue weighted by Gasteiger charge is -2.29. The minimum absolute atomic E-state index is 0.556. The van der Waals surface area contributed by atoms with Crippen molar-refractivity contribution >= 4 is 5.69 Å². The summed E-state index contributed by atoms with van der Waals surface area (Å²) in [6, 6.07) is 7.20. The van der Waals surface area contributed by atoms with Gasteiger partial charge in [0.15, 0.2) is 0 Å². The van der Waals surface area contributed by atoms with Crippen LogP contribution in [0.4, 0.5) is 5.69 Å². The maximum Gasteiger partial charge on any atom is 0.0442 e. The minimum Gasteiger partial charge on any atom is -0.369 e. The molecule has 0 fully saturated rings. The summed E-state index contributed by atoms with van der Waals surface area (Å²) in [6.07, 6.45) is 0. The van der Waals surface area contributed by atoms with Gasteiger partial charge in [0.05, 0.1) is 0 Å². The van der Waals surface area contributed by atoms with E-state index in [1.807, 2.05) is 0 Å². The number of para-hydroxylation sites is 1. The van der Waals surface area contributed by atoms with Gasteiger partial charge in [-0.3, -0.25) is 0 Å². The van der Waals surface area contributed by atoms with Crippen molar-refractivity contribution in [2.24, 2.45) is 5.92 Å². The standard InChI is InChI=1S/C15H24N2/c1-11(2)9-17-10-13(4)16-8-14-7-5-6-12(3)15(14)17/h5-7,11,13,16H,8-10H2,1-4H3. The van der Waals surface area contributed by atoms with E-state index in [9.17, 15) is 0 Å². The number of nitrogens with one attached hydrogen (secondary N) is 1. The van der Waals surface area contributed by atoms with Crippen LogP contribution in [0.2, 0.25) is 0 Å². The number of rotatable bonds is 2. The normalized spacial score (nSPS) is 20.3. The van der Waals surface area contributed by atoms with E-state index >= 15 is 0 Å². The summed E-state index contributed by atoms with van der Waals surface area (Å²) in [7, 11) is 0. The van der Waals surface area contributed by atoms with Crippen LogP contribution in [0.25, 0.3) is 0 Å². The molecule has 1 aliphatic heterocycles. The smallest absolute Gasteiger partial charge is 0.0442 e. The zero-order valence-corrected chi connectivity index (χ0v) is 11.5. The second kappa shape index (κ2) is 5.09. The van der Waals surface area contributed by atoms with Gasteiger partial charge in [0.25, 0.3) is 0 Å². The van der Waals surface area contributed by atoms with Crippen molar-refractivity contribution in [3.05, 3.63) is 29.3 Å². The summed E-state index contributed by atoms with van der Waals surface area (Å²) >= 11 is 0. The Morgan fingerprint density at radius 3 is 2.88 bits per heavy atom. The second-order valence-electron chi connectivity index (χ2n) is 5.66. The quantitative estimate of drug-likeness (QED) is 0.843. The van der Waals surface area contributed by atoms with Crippen LogP contribution in [0.5, 0.6) is 0 Å². The molecule has 0 spiro atoms. The maximum atomic E-state index is 3.59. The van der Waals surface area contributed by atoms with Crippen molar-refractivity contribution in [3.63, 3.8) is 0 Å². The van der Waals surface area contributed by atoms with Gasteiger partial charge in [0.2, 0.25) is 0 Å². The maximum absolute atomic E-state index is 3.59. The van der Waals surface area contributed by atoms with Crippen molar-refractivity contribution in [2.75, 3.05) is 18.0 Å². The van der Waals surface area contributed by atoms with Crippen LogP contribution in [0.3, 0.4) is 0 Å². The Balaban J connectivity index is 2.37. The molecular formula is C15H24N2. The molecule has 0 bridgehead atoms. The zero-order chi connectivity index (χ0) is 12.4. The third kappa shape index (κ3) is 2.81. The first kappa shape index (κ1) is 12.4. The fraction of sp³-hybridized carbons (Fsp3) is 0.600. The Morgan fingerprint density at radius 2 is 2.18 bits per heavy atom. The number of benzene rings is 1. The molecule has 94 valence electrons. The van der Waals surface area contributed by atoms with Gasteiger partial charge < -0.3 is 10.2 Å². The molecule has 1 heterocycles. The van der Waals surface area contributed by atoms with E-state index in [1.54, 1.807) is 0 Å². The molecule has 0 aromatic heterocycles. The largest absolute Gasteiger partial charge is 0.369 e. The number of aryl methyl sites for hydroxylation is 1. The molecule has 17 heavy (non-hydrogen) atoms. The van der Waals surface area contributed by atoms with Crippen molar-refractivity contribution in [2.45, 2.75) is 40.3 Å². The zero-order valence-electron chi connectivity index (χ0n) is 11.5. The Bertz CT molecular complexity index is 385. The number of anilines is 1. The molecule has 2 heteroatoms. The van der Waals surface area contributed by atoms with Crippen molar-refractivity contribution < 1.29 is 0 Å². The fourth-order valence-corrected chi connectivity index (χ4v) is 2.69. The molecule has 0 saturated heterocycles. The van der Waals surface area contributed by atoms with Gasteiger partial charge in [-0.25, -0.2) is 0 Å². The van der Waals surface area contributed by atoms with Gasteiger partial charge >= 0.3 is 0 Å². The Hall–Kier alpha value is -1.02. The highest BCUT2D eigenvalue weighted by Crippen LogP contribution is 2.28. The SMILES string of the molecule is Cc1cccc2c1N(CC(C)C)CC(C)NC2. The summed E-state index contributed by atoms with van der Waals surface area (Å²) in [5.74, 6) is 0.702. The molecule has 0 aliphatic carbocycles. The van der Waals surface area contributed by atoms with Gasteiger partial charge in [0.1, 0.15) is 0 Å². The lowest BCUT2D eigenvalue weighted by molar-refractivity contribution is 0.529. The van der Waals surface area contributed by atoms with E-state index in [1.165, 1.54) is 16.8 Å². The van der Waals surface area contributed by atoms with Crippen LogP contribution in [-0.4, -0.2) is 19.1 Å². The van der Waals surface area contributed by atoms with Crippen LogP contribution in [0, 0.1) is 12.8 Å². The van der Waals surface area contributed by atoms with Crippen LogP contribution >= 0.6 is 0 Å². The molecule has 1 aliphatic rings. The Kier molecular flexibility index (Phi) is 3.72. The van der Waals surface area contributed by atoms with E-state index in [2.05, 4.69) is 56.1 Å². The van der Waals surface area contributed by atoms with E-state index in [0.29, 0.717) is 12.0 Å². The van der Waals surface area contributed by atoms with Crippen molar-refractivity contribution in [3.8, 4) is 0 Å². The average Bonchev–Trinajstić information content (AvgIpc) is 2.39. The Morgan fingerprint density at radius 1 is 1.41 bits per heavy atom. The van der Waals surface area contributed by atoms with E-state index in [0.717, 1.165) is 19.6 Å². The highest BCUT2D eigenvalue weighted by molar-refractivity contribution is 5.60. The molecule has 1 N–H and O–H groups in total. The predicted octanol–water partition coefficient (Wildman–Crippen LogP) is 2.95. The predicted molar refractivity (Wildman–Crippen MR) is 74.5 cm³/mol. The van der Waals surface area contributed by atoms with Crippen molar-refractivity contribution in [1.82, 2.24) is 5.32 Å². The average molecular weight is 232 g/mol. The van der Waals surface area contributed by atoms with Crippen LogP contribution < -0.4 is 10.2 Å². The monoisotopic (exact) mass is 232 g/mol. The summed E-state index contributed by atoms with van der Waals surface area (Å²) in [6.45, 7) is 12.3. The fourth-order valence-electron chi connectivity index (χ4n) is 2.69. The van der Waals surface area contributed by atoms with Gasteiger partial charge in [0, 0.05) is 31.4 Å². The molecule has 1 unspecified atom stereocenters. The van der Waals surface area contributed by atoms with Crippen LogP contribution in [0.15, 0.2) is 18.2 Å². The van der Waals surface area contributed by atoms with Crippen LogP contribution in [-0.2, 0) is 6.54 Å². The van der Waals surface area contributed by atoms with Gasteiger partial charge in [-0.05, 0) is 30.9 Å². The first-order valence-corrected chi connectivity index (χ1v) is 6.64. The third-order valence-electron chi connectivity index (χ3n) is 3.36. The molecule has 2 nitrogen and oxygen atoms in total. The second-order valence-corrected chi connectivity index (χ2v) is 5.66. The number of fused-ring (bicyclic) bond motifs is 1. The first-order valence-electron chi connectivity index (χ1n) is 6.64. The van der Waals surface area contributed by atoms with E-state index in [-0.39, 0.29) is 0 Å². The summed E-state index contributed by atoms with van der Waals surface area (Å²) < 4.78 is 0. The van der Waals surface area contributed by atoms with Crippen molar-refractivity contribution in [1.29, 1.82) is 0 Å². The molecule has 1 atom stereocenters. The highest BCUT2D eigenvalue weighted by Gasteiger charge is 2.20. The summed E-state index contributed by atoms with van der Waals surface area (Å²) in [4.78, 5) is 2.56. The highest BCUT2D eigenvalue weighted by atomic mass is 15.2. The van der Waals surface area contributed by atoms with Gasteiger partial charge in [-0.1, -0.05) is 32.0 Å². The van der Waals surface area contributed by atoms with E-state index in [4.69, 9.17) is 0 Å². The summed E-state index contributed by atoms with van der Waals surface area (Å²) in [5.41, 5.74) is 4.30. The minimum atomic E-state index is 0.556. The topological polar surface area (TPSA) is 15.3 Å². The molecule has 1 aromatic carbocycles. The first-order chi connectivity index (χ1) is 8.08. The van der Waals surface area contributed by atoms with Crippen LogP contribution in [0.1, 0.15) is 31.9 Å². The molecule has 0 radical (unpaired) electrons. The van der Waals surface area contributed by atoms with Gasteiger partial charge in [-0.2, -0.15) is 0 Å². The molecule has 1 aromatic rings. The molecule has 0 saturated carbocycles.